The normalized spacial score (nSPS) is 15.3. The van der Waals surface area contributed by atoms with Gasteiger partial charge in [-0.3, -0.25) is 4.79 Å². The molecule has 1 aliphatic rings. The Bertz CT molecular complexity index is 1200. The molecule has 0 radical (unpaired) electrons. The van der Waals surface area contributed by atoms with Crippen LogP contribution in [0.5, 0.6) is 0 Å². The number of hydrogen-bond donors (Lipinski definition) is 2. The molecule has 5 heteroatoms. The molecule has 3 aromatic carbocycles. The molecule has 1 amide bonds. The smallest absolute Gasteiger partial charge is 0.250 e. The molecule has 1 aliphatic heterocycles. The minimum atomic E-state index is -0.418. The number of amides is 1. The van der Waals surface area contributed by atoms with Gasteiger partial charge in [-0.1, -0.05) is 36.4 Å². The molecule has 4 aromatic rings. The summed E-state index contributed by atoms with van der Waals surface area (Å²) < 4.78 is 0. The van der Waals surface area contributed by atoms with E-state index < -0.39 is 5.91 Å². The maximum absolute atomic E-state index is 12.2. The largest absolute Gasteiger partial charge is 0.369 e. The van der Waals surface area contributed by atoms with Crippen molar-refractivity contribution in [2.24, 2.45) is 5.73 Å². The molecule has 2 heterocycles. The quantitative estimate of drug-likeness (QED) is 0.564. The third kappa shape index (κ3) is 3.13. The Labute approximate surface area is 169 Å². The van der Waals surface area contributed by atoms with E-state index in [9.17, 15) is 4.79 Å². The van der Waals surface area contributed by atoms with Crippen LogP contribution >= 0.6 is 0 Å². The second-order valence-corrected chi connectivity index (χ2v) is 7.82. The van der Waals surface area contributed by atoms with Crippen LogP contribution in [0.2, 0.25) is 0 Å². The monoisotopic (exact) mass is 384 g/mol. The van der Waals surface area contributed by atoms with Crippen molar-refractivity contribution in [3.63, 3.8) is 0 Å². The second-order valence-electron chi connectivity index (χ2n) is 7.82. The summed E-state index contributed by atoms with van der Waals surface area (Å²) >= 11 is 0. The highest BCUT2D eigenvalue weighted by Gasteiger charge is 2.18. The number of nitrogens with one attached hydrogen (secondary N) is 1. The van der Waals surface area contributed by atoms with Crippen LogP contribution in [0.1, 0.15) is 10.4 Å². The van der Waals surface area contributed by atoms with Crippen LogP contribution in [0.15, 0.2) is 60.7 Å². The fraction of sp³-hybridized carbons (Fsp3) is 0.208. The number of rotatable bonds is 3. The summed E-state index contributed by atoms with van der Waals surface area (Å²) in [6.07, 6.45) is 0. The van der Waals surface area contributed by atoms with Crippen molar-refractivity contribution in [2.75, 3.05) is 38.1 Å². The zero-order valence-electron chi connectivity index (χ0n) is 16.5. The van der Waals surface area contributed by atoms with Crippen LogP contribution in [-0.2, 0) is 0 Å². The Kier molecular flexibility index (Phi) is 4.25. The molecule has 0 unspecified atom stereocenters. The molecule has 0 bridgehead atoms. The number of carbonyl (C=O) groups is 1. The minimum absolute atomic E-state index is 0.418. The lowest BCUT2D eigenvalue weighted by molar-refractivity contribution is 0.100. The van der Waals surface area contributed by atoms with Crippen LogP contribution < -0.4 is 10.6 Å². The highest BCUT2D eigenvalue weighted by Crippen LogP contribution is 2.34. The Morgan fingerprint density at radius 3 is 2.38 bits per heavy atom. The Balaban J connectivity index is 1.66. The fourth-order valence-corrected chi connectivity index (χ4v) is 4.25. The lowest BCUT2D eigenvalue weighted by Gasteiger charge is -2.34. The summed E-state index contributed by atoms with van der Waals surface area (Å²) in [6, 6.07) is 20.6. The number of likely N-dealkylation sites (N-methyl/N-ethyl adjacent to an activating group) is 1. The molecule has 3 N–H and O–H groups in total. The van der Waals surface area contributed by atoms with Gasteiger partial charge in [0.1, 0.15) is 0 Å². The number of benzene rings is 3. The van der Waals surface area contributed by atoms with E-state index in [1.54, 1.807) is 0 Å². The highest BCUT2D eigenvalue weighted by molar-refractivity contribution is 6.16. The number of primary amides is 1. The van der Waals surface area contributed by atoms with Crippen molar-refractivity contribution in [1.82, 2.24) is 9.88 Å². The van der Waals surface area contributed by atoms with Gasteiger partial charge in [0.15, 0.2) is 0 Å². The zero-order valence-corrected chi connectivity index (χ0v) is 16.5. The van der Waals surface area contributed by atoms with E-state index in [2.05, 4.69) is 46.1 Å². The number of aromatic nitrogens is 1. The molecule has 0 aliphatic carbocycles. The number of aromatic amines is 1. The number of carbonyl (C=O) groups excluding carboxylic acids is 1. The maximum Gasteiger partial charge on any atom is 0.250 e. The van der Waals surface area contributed by atoms with Crippen molar-refractivity contribution >= 4 is 33.4 Å². The Morgan fingerprint density at radius 1 is 0.897 bits per heavy atom. The predicted octanol–water partition coefficient (Wildman–Crippen LogP) is 3.84. The minimum Gasteiger partial charge on any atom is -0.369 e. The van der Waals surface area contributed by atoms with E-state index in [-0.39, 0.29) is 0 Å². The van der Waals surface area contributed by atoms with Crippen LogP contribution in [0, 0.1) is 0 Å². The summed E-state index contributed by atoms with van der Waals surface area (Å²) in [6.45, 7) is 4.17. The first-order chi connectivity index (χ1) is 14.1. The number of nitrogens with zero attached hydrogens (tertiary/aromatic N) is 2. The van der Waals surface area contributed by atoms with Gasteiger partial charge in [0, 0.05) is 48.2 Å². The van der Waals surface area contributed by atoms with E-state index in [1.807, 2.05) is 36.4 Å². The van der Waals surface area contributed by atoms with Gasteiger partial charge in [-0.2, -0.15) is 0 Å². The molecule has 0 spiro atoms. The summed E-state index contributed by atoms with van der Waals surface area (Å²) in [5, 5.41) is 2.14. The molecule has 1 fully saturated rings. The molecule has 1 saturated heterocycles. The number of hydrogen-bond acceptors (Lipinski definition) is 3. The van der Waals surface area contributed by atoms with E-state index in [0.717, 1.165) is 59.1 Å². The molecule has 5 nitrogen and oxygen atoms in total. The van der Waals surface area contributed by atoms with Gasteiger partial charge < -0.3 is 20.5 Å². The van der Waals surface area contributed by atoms with Crippen molar-refractivity contribution in [1.29, 1.82) is 0 Å². The lowest BCUT2D eigenvalue weighted by Crippen LogP contribution is -2.44. The van der Waals surface area contributed by atoms with Crippen molar-refractivity contribution in [3.8, 4) is 11.1 Å². The van der Waals surface area contributed by atoms with E-state index >= 15 is 0 Å². The number of anilines is 1. The topological polar surface area (TPSA) is 65.4 Å². The number of H-pyrrole nitrogens is 1. The van der Waals surface area contributed by atoms with E-state index in [4.69, 9.17) is 5.73 Å². The predicted molar refractivity (Wildman–Crippen MR) is 119 cm³/mol. The lowest BCUT2D eigenvalue weighted by atomic mass is 9.99. The van der Waals surface area contributed by atoms with Gasteiger partial charge in [-0.05, 0) is 42.4 Å². The zero-order chi connectivity index (χ0) is 20.0. The molecule has 29 heavy (non-hydrogen) atoms. The maximum atomic E-state index is 12.2. The van der Waals surface area contributed by atoms with Gasteiger partial charge in [-0.15, -0.1) is 0 Å². The Morgan fingerprint density at radius 2 is 1.66 bits per heavy atom. The molecular weight excluding hydrogens is 360 g/mol. The van der Waals surface area contributed by atoms with Gasteiger partial charge in [0.2, 0.25) is 0 Å². The van der Waals surface area contributed by atoms with Crippen molar-refractivity contribution in [3.05, 3.63) is 66.2 Å². The highest BCUT2D eigenvalue weighted by atomic mass is 16.1. The molecule has 146 valence electrons. The molecular formula is C24H24N4O. The van der Waals surface area contributed by atoms with E-state index in [0.29, 0.717) is 5.56 Å². The van der Waals surface area contributed by atoms with Crippen LogP contribution in [0.4, 0.5) is 5.69 Å². The van der Waals surface area contributed by atoms with Gasteiger partial charge in [0.25, 0.3) is 5.91 Å². The average Bonchev–Trinajstić information content (AvgIpc) is 3.11. The standard InChI is InChI=1S/C24H24N4O/c1-27-9-11-28(12-10-27)18-7-8-19-20-13-17(16-5-3-2-4-6-16)14-21(24(25)29)23(20)26-22(19)15-18/h2-8,13-15,26H,9-12H2,1H3,(H2,25,29). The first-order valence-electron chi connectivity index (χ1n) is 9.98. The summed E-state index contributed by atoms with van der Waals surface area (Å²) in [4.78, 5) is 20.4. The van der Waals surface area contributed by atoms with Crippen molar-refractivity contribution in [2.45, 2.75) is 0 Å². The molecule has 5 rings (SSSR count). The first kappa shape index (κ1) is 17.8. The summed E-state index contributed by atoms with van der Waals surface area (Å²) in [5.74, 6) is -0.418. The van der Waals surface area contributed by atoms with Crippen molar-refractivity contribution < 1.29 is 4.79 Å². The fourth-order valence-electron chi connectivity index (χ4n) is 4.25. The average molecular weight is 384 g/mol. The second kappa shape index (κ2) is 6.94. The number of piperazine rings is 1. The van der Waals surface area contributed by atoms with Gasteiger partial charge in [-0.25, -0.2) is 0 Å². The summed E-state index contributed by atoms with van der Waals surface area (Å²) in [5.41, 5.74) is 11.4. The number of fused-ring (bicyclic) bond motifs is 3. The van der Waals surface area contributed by atoms with Crippen LogP contribution in [0.3, 0.4) is 0 Å². The Hall–Kier alpha value is -3.31. The third-order valence-electron chi connectivity index (χ3n) is 5.93. The molecule has 0 atom stereocenters. The van der Waals surface area contributed by atoms with Gasteiger partial charge in [0.05, 0.1) is 11.1 Å². The van der Waals surface area contributed by atoms with Crippen LogP contribution in [-0.4, -0.2) is 49.0 Å². The molecule has 1 aromatic heterocycles. The van der Waals surface area contributed by atoms with E-state index in [1.165, 1.54) is 5.69 Å². The van der Waals surface area contributed by atoms with Gasteiger partial charge >= 0.3 is 0 Å². The third-order valence-corrected chi connectivity index (χ3v) is 5.93. The first-order valence-corrected chi connectivity index (χ1v) is 9.98. The molecule has 0 saturated carbocycles. The summed E-state index contributed by atoms with van der Waals surface area (Å²) in [7, 11) is 2.16. The SMILES string of the molecule is CN1CCN(c2ccc3c(c2)[nH]c2c(C(N)=O)cc(-c4ccccc4)cc23)CC1. The van der Waals surface area contributed by atoms with Crippen LogP contribution in [0.25, 0.3) is 32.9 Å². The number of nitrogens with two attached hydrogens (primary N) is 1.